The zero-order valence-electron chi connectivity index (χ0n) is 7.29. The number of hydrogen-bond donors (Lipinski definition) is 1. The van der Waals surface area contributed by atoms with Gasteiger partial charge in [0.25, 0.3) is 0 Å². The maximum Gasteiger partial charge on any atom is 0.178 e. The second kappa shape index (κ2) is 5.49. The molecule has 0 amide bonds. The van der Waals surface area contributed by atoms with Gasteiger partial charge < -0.3 is 4.55 Å². The van der Waals surface area contributed by atoms with Crippen LogP contribution in [0.3, 0.4) is 0 Å². The van der Waals surface area contributed by atoms with Crippen LogP contribution in [0, 0.1) is 0 Å². The lowest BCUT2D eigenvalue weighted by Gasteiger charge is -2.10. The van der Waals surface area contributed by atoms with E-state index >= 15 is 0 Å². The van der Waals surface area contributed by atoms with E-state index in [0.29, 0.717) is 0 Å². The molecule has 12 heavy (non-hydrogen) atoms. The first-order valence-electron chi connectivity index (χ1n) is 4.58. The van der Waals surface area contributed by atoms with Crippen LogP contribution in [0.5, 0.6) is 0 Å². The maximum absolute atomic E-state index is 10.5. The Morgan fingerprint density at radius 3 is 2.08 bits per heavy atom. The highest BCUT2D eigenvalue weighted by Crippen LogP contribution is 2.21. The Balaban J connectivity index is 2.44. The smallest absolute Gasteiger partial charge is 0.178 e. The lowest BCUT2D eigenvalue weighted by Crippen LogP contribution is -1.93. The first kappa shape index (κ1) is 9.93. The SMILES string of the molecule is O=S(O)C=C1CCCCCCC1. The summed E-state index contributed by atoms with van der Waals surface area (Å²) >= 11 is -1.74. The van der Waals surface area contributed by atoms with Gasteiger partial charge in [0, 0.05) is 5.41 Å². The van der Waals surface area contributed by atoms with E-state index in [0.717, 1.165) is 12.8 Å². The van der Waals surface area contributed by atoms with Gasteiger partial charge in [0.2, 0.25) is 0 Å². The molecule has 1 aliphatic carbocycles. The Labute approximate surface area is 76.3 Å². The molecule has 1 fully saturated rings. The highest BCUT2D eigenvalue weighted by molar-refractivity contribution is 7.82. The molecule has 1 unspecified atom stereocenters. The van der Waals surface area contributed by atoms with Crippen molar-refractivity contribution in [2.24, 2.45) is 0 Å². The van der Waals surface area contributed by atoms with Crippen molar-refractivity contribution < 1.29 is 8.76 Å². The molecule has 0 saturated heterocycles. The van der Waals surface area contributed by atoms with E-state index in [2.05, 4.69) is 0 Å². The van der Waals surface area contributed by atoms with Crippen molar-refractivity contribution in [1.82, 2.24) is 0 Å². The molecule has 0 heterocycles. The minimum atomic E-state index is -1.74. The molecule has 1 atom stereocenters. The van der Waals surface area contributed by atoms with Gasteiger partial charge >= 0.3 is 0 Å². The summed E-state index contributed by atoms with van der Waals surface area (Å²) in [5.74, 6) is 0. The average molecular weight is 188 g/mol. The molecule has 0 radical (unpaired) electrons. The zero-order chi connectivity index (χ0) is 8.81. The number of hydrogen-bond acceptors (Lipinski definition) is 1. The van der Waals surface area contributed by atoms with Crippen molar-refractivity contribution in [3.63, 3.8) is 0 Å². The van der Waals surface area contributed by atoms with Crippen LogP contribution in [-0.4, -0.2) is 8.76 Å². The first-order valence-corrected chi connectivity index (χ1v) is 5.75. The summed E-state index contributed by atoms with van der Waals surface area (Å²) in [6, 6.07) is 0. The lowest BCUT2D eigenvalue weighted by molar-refractivity contribution is 0.562. The van der Waals surface area contributed by atoms with E-state index in [1.807, 2.05) is 0 Å². The fraction of sp³-hybridized carbons (Fsp3) is 0.778. The second-order valence-electron chi connectivity index (χ2n) is 3.32. The third-order valence-corrected chi connectivity index (χ3v) is 2.80. The van der Waals surface area contributed by atoms with Gasteiger partial charge in [-0.15, -0.1) is 0 Å². The van der Waals surface area contributed by atoms with Gasteiger partial charge in [-0.05, 0) is 25.7 Å². The van der Waals surface area contributed by atoms with Gasteiger partial charge in [-0.1, -0.05) is 24.8 Å². The van der Waals surface area contributed by atoms with Crippen LogP contribution in [-0.2, 0) is 11.1 Å². The normalized spacial score (nSPS) is 22.6. The van der Waals surface area contributed by atoms with Gasteiger partial charge in [0.1, 0.15) is 0 Å². The Hall–Kier alpha value is -0.150. The van der Waals surface area contributed by atoms with E-state index in [1.165, 1.54) is 43.1 Å². The summed E-state index contributed by atoms with van der Waals surface area (Å²) in [5, 5.41) is 1.51. The van der Waals surface area contributed by atoms with Gasteiger partial charge in [-0.3, -0.25) is 0 Å². The third kappa shape index (κ3) is 4.02. The molecule has 70 valence electrons. The van der Waals surface area contributed by atoms with Crippen LogP contribution >= 0.6 is 0 Å². The summed E-state index contributed by atoms with van der Waals surface area (Å²) in [4.78, 5) is 0. The molecule has 3 heteroatoms. The van der Waals surface area contributed by atoms with Crippen molar-refractivity contribution in [2.45, 2.75) is 44.9 Å². The first-order chi connectivity index (χ1) is 5.79. The summed E-state index contributed by atoms with van der Waals surface area (Å²) in [5.41, 5.74) is 1.18. The van der Waals surface area contributed by atoms with Gasteiger partial charge in [-0.25, -0.2) is 4.21 Å². The van der Waals surface area contributed by atoms with Gasteiger partial charge in [0.15, 0.2) is 11.1 Å². The summed E-state index contributed by atoms with van der Waals surface area (Å²) in [7, 11) is 0. The lowest BCUT2D eigenvalue weighted by atomic mass is 9.97. The molecular formula is C9H16O2S. The van der Waals surface area contributed by atoms with Crippen LogP contribution in [0.4, 0.5) is 0 Å². The molecule has 1 saturated carbocycles. The van der Waals surface area contributed by atoms with Gasteiger partial charge in [-0.2, -0.15) is 0 Å². The summed E-state index contributed by atoms with van der Waals surface area (Å²) < 4.78 is 19.2. The fourth-order valence-electron chi connectivity index (χ4n) is 1.62. The average Bonchev–Trinajstić information content (AvgIpc) is 1.93. The van der Waals surface area contributed by atoms with Crippen LogP contribution in [0.25, 0.3) is 0 Å². The Kier molecular flexibility index (Phi) is 4.54. The monoisotopic (exact) mass is 188 g/mol. The van der Waals surface area contributed by atoms with Crippen molar-refractivity contribution in [3.05, 3.63) is 11.0 Å². The molecule has 0 aromatic heterocycles. The molecule has 1 aliphatic rings. The minimum Gasteiger partial charge on any atom is -0.303 e. The Morgan fingerprint density at radius 2 is 1.58 bits per heavy atom. The maximum atomic E-state index is 10.5. The molecule has 2 nitrogen and oxygen atoms in total. The van der Waals surface area contributed by atoms with E-state index < -0.39 is 11.1 Å². The summed E-state index contributed by atoms with van der Waals surface area (Å²) in [6.07, 6.45) is 8.28. The highest BCUT2D eigenvalue weighted by Gasteiger charge is 2.03. The van der Waals surface area contributed by atoms with Crippen LogP contribution in [0.1, 0.15) is 44.9 Å². The molecule has 1 rings (SSSR count). The summed E-state index contributed by atoms with van der Waals surface area (Å²) in [6.45, 7) is 0. The minimum absolute atomic E-state index is 1.02. The molecule has 0 aromatic rings. The topological polar surface area (TPSA) is 37.3 Å². The van der Waals surface area contributed by atoms with E-state index in [1.54, 1.807) is 0 Å². The quantitative estimate of drug-likeness (QED) is 0.642. The van der Waals surface area contributed by atoms with Crippen LogP contribution in [0.15, 0.2) is 11.0 Å². The van der Waals surface area contributed by atoms with E-state index in [9.17, 15) is 4.21 Å². The zero-order valence-corrected chi connectivity index (χ0v) is 8.11. The molecule has 0 aromatic carbocycles. The predicted molar refractivity (Wildman–Crippen MR) is 51.2 cm³/mol. The molecule has 0 bridgehead atoms. The fourth-order valence-corrected chi connectivity index (χ4v) is 2.14. The third-order valence-electron chi connectivity index (χ3n) is 2.26. The molecule has 0 spiro atoms. The van der Waals surface area contributed by atoms with Crippen molar-refractivity contribution in [3.8, 4) is 0 Å². The predicted octanol–water partition coefficient (Wildman–Crippen LogP) is 2.84. The largest absolute Gasteiger partial charge is 0.303 e. The second-order valence-corrected chi connectivity index (χ2v) is 4.11. The number of rotatable bonds is 1. The van der Waals surface area contributed by atoms with E-state index in [4.69, 9.17) is 4.55 Å². The van der Waals surface area contributed by atoms with Crippen molar-refractivity contribution in [1.29, 1.82) is 0 Å². The Bertz CT molecular complexity index is 177. The van der Waals surface area contributed by atoms with Crippen molar-refractivity contribution >= 4 is 11.1 Å². The number of allylic oxidation sites excluding steroid dienone is 1. The van der Waals surface area contributed by atoms with Gasteiger partial charge in [0.05, 0.1) is 0 Å². The van der Waals surface area contributed by atoms with Crippen molar-refractivity contribution in [2.75, 3.05) is 0 Å². The highest BCUT2D eigenvalue weighted by atomic mass is 32.2. The molecule has 1 N–H and O–H groups in total. The van der Waals surface area contributed by atoms with Crippen LogP contribution in [0.2, 0.25) is 0 Å². The standard InChI is InChI=1S/C9H16O2S/c10-12(11)8-9-6-4-2-1-3-5-7-9/h8H,1-7H2,(H,10,11). The molecule has 0 aliphatic heterocycles. The van der Waals surface area contributed by atoms with E-state index in [-0.39, 0.29) is 0 Å². The Morgan fingerprint density at radius 1 is 1.08 bits per heavy atom. The molecular weight excluding hydrogens is 172 g/mol. The van der Waals surface area contributed by atoms with Crippen LogP contribution < -0.4 is 0 Å².